The Hall–Kier alpha value is -3.08. The van der Waals surface area contributed by atoms with E-state index in [4.69, 9.17) is 9.84 Å². The molecule has 1 saturated heterocycles. The normalized spacial score (nSPS) is 15.1. The molecule has 1 aromatic carbocycles. The van der Waals surface area contributed by atoms with Crippen LogP contribution in [-0.2, 0) is 6.54 Å². The molecular weight excluding hydrogens is 436 g/mol. The van der Waals surface area contributed by atoms with E-state index in [9.17, 15) is 9.59 Å². The number of nitrogens with zero attached hydrogens (tertiary/aromatic N) is 5. The first-order valence-electron chi connectivity index (χ1n) is 11.9. The zero-order valence-electron chi connectivity index (χ0n) is 19.8. The van der Waals surface area contributed by atoms with Crippen LogP contribution in [0.2, 0.25) is 0 Å². The highest BCUT2D eigenvalue weighted by atomic mass is 16.5. The summed E-state index contributed by atoms with van der Waals surface area (Å²) >= 11 is 0. The van der Waals surface area contributed by atoms with Crippen LogP contribution in [0.15, 0.2) is 29.2 Å². The van der Waals surface area contributed by atoms with Crippen LogP contribution in [0.3, 0.4) is 0 Å². The van der Waals surface area contributed by atoms with E-state index < -0.39 is 0 Å². The monoisotopic (exact) mass is 468 g/mol. The van der Waals surface area contributed by atoms with Gasteiger partial charge >= 0.3 is 0 Å². The van der Waals surface area contributed by atoms with Gasteiger partial charge in [0.1, 0.15) is 17.0 Å². The van der Waals surface area contributed by atoms with Crippen LogP contribution >= 0.6 is 0 Å². The molecule has 34 heavy (non-hydrogen) atoms. The maximum absolute atomic E-state index is 13.1. The highest BCUT2D eigenvalue weighted by Gasteiger charge is 2.21. The number of H-pyrrole nitrogens is 1. The topological polar surface area (TPSA) is 117 Å². The van der Waals surface area contributed by atoms with E-state index in [1.165, 1.54) is 6.20 Å². The number of aryl methyl sites for hydroxylation is 1. The molecule has 1 aliphatic heterocycles. The number of aromatic amines is 1. The van der Waals surface area contributed by atoms with Crippen molar-refractivity contribution in [3.05, 3.63) is 40.3 Å². The number of aromatic nitrogens is 4. The first-order valence-corrected chi connectivity index (χ1v) is 11.9. The largest absolute Gasteiger partial charge is 0.493 e. The van der Waals surface area contributed by atoms with Gasteiger partial charge in [-0.1, -0.05) is 6.92 Å². The minimum Gasteiger partial charge on any atom is -0.493 e. The molecule has 1 aliphatic rings. The molecule has 4 rings (SSSR count). The number of hydrogen-bond donors (Lipinski definition) is 2. The maximum Gasteiger partial charge on any atom is 0.262 e. The second-order valence-corrected chi connectivity index (χ2v) is 8.43. The number of Topliss-reactive ketones (excluding diaryl/α,β-unsaturated/α-hetero) is 1. The molecule has 3 heterocycles. The number of β-amino-alcohol motifs (C(OH)–C–C–N with tert-alkyl or cyclic N) is 1. The molecule has 1 fully saturated rings. The molecule has 0 amide bonds. The van der Waals surface area contributed by atoms with E-state index in [2.05, 4.69) is 24.9 Å². The minimum atomic E-state index is -0.276. The molecule has 0 unspecified atom stereocenters. The van der Waals surface area contributed by atoms with Crippen LogP contribution in [0.4, 0.5) is 0 Å². The van der Waals surface area contributed by atoms with E-state index in [-0.39, 0.29) is 17.9 Å². The molecule has 2 N–H and O–H groups in total. The van der Waals surface area contributed by atoms with Crippen LogP contribution in [0.25, 0.3) is 22.4 Å². The summed E-state index contributed by atoms with van der Waals surface area (Å²) in [5, 5.41) is 13.8. The van der Waals surface area contributed by atoms with Gasteiger partial charge in [-0.05, 0) is 31.5 Å². The number of rotatable bonds is 10. The summed E-state index contributed by atoms with van der Waals surface area (Å²) in [6, 6.07) is 5.27. The van der Waals surface area contributed by atoms with Gasteiger partial charge in [-0.3, -0.25) is 19.4 Å². The number of fused-ring (bicyclic) bond motifs is 1. The molecule has 0 saturated carbocycles. The molecule has 182 valence electrons. The standard InChI is InChI=1S/C24H32N6O4/c1-3-7-30-23-19(15-25-30)24(33)27-22(26-23)18-14-17(5-6-21(18)34-4-2)20(32)16-29-10-8-28(9-11-29)12-13-31/h5-6,14-15,31H,3-4,7-13,16H2,1-2H3,(H,26,27,33). The number of nitrogens with one attached hydrogen (secondary N) is 1. The minimum absolute atomic E-state index is 0.000596. The van der Waals surface area contributed by atoms with Crippen molar-refractivity contribution in [3.8, 4) is 17.1 Å². The zero-order valence-corrected chi connectivity index (χ0v) is 19.8. The molecule has 0 bridgehead atoms. The Morgan fingerprint density at radius 1 is 1.15 bits per heavy atom. The van der Waals surface area contributed by atoms with Gasteiger partial charge in [-0.15, -0.1) is 0 Å². The summed E-state index contributed by atoms with van der Waals surface area (Å²) in [6.07, 6.45) is 2.40. The van der Waals surface area contributed by atoms with Crippen molar-refractivity contribution in [2.24, 2.45) is 0 Å². The molecule has 0 aliphatic carbocycles. The van der Waals surface area contributed by atoms with Crippen molar-refractivity contribution >= 4 is 16.8 Å². The van der Waals surface area contributed by atoms with E-state index >= 15 is 0 Å². The fraction of sp³-hybridized carbons (Fsp3) is 0.500. The first kappa shape index (κ1) is 24.1. The van der Waals surface area contributed by atoms with E-state index in [1.54, 1.807) is 22.9 Å². The van der Waals surface area contributed by atoms with Crippen LogP contribution in [0.5, 0.6) is 5.75 Å². The quantitative estimate of drug-likeness (QED) is 0.429. The van der Waals surface area contributed by atoms with Crippen molar-refractivity contribution in [1.82, 2.24) is 29.5 Å². The Labute approximate surface area is 198 Å². The fourth-order valence-corrected chi connectivity index (χ4v) is 4.25. The number of ketones is 1. The van der Waals surface area contributed by atoms with Crippen LogP contribution in [0.1, 0.15) is 30.6 Å². The number of aliphatic hydroxyl groups is 1. The molecular formula is C24H32N6O4. The highest BCUT2D eigenvalue weighted by molar-refractivity contribution is 5.99. The lowest BCUT2D eigenvalue weighted by Crippen LogP contribution is -2.48. The van der Waals surface area contributed by atoms with Gasteiger partial charge in [-0.2, -0.15) is 5.10 Å². The maximum atomic E-state index is 13.1. The Balaban J connectivity index is 1.62. The van der Waals surface area contributed by atoms with Crippen molar-refractivity contribution in [2.75, 3.05) is 52.5 Å². The Bertz CT molecular complexity index is 1200. The summed E-state index contributed by atoms with van der Waals surface area (Å²) < 4.78 is 7.51. The number of ether oxygens (including phenoxy) is 1. The molecule has 10 nitrogen and oxygen atoms in total. The van der Waals surface area contributed by atoms with Crippen molar-refractivity contribution in [1.29, 1.82) is 0 Å². The summed E-state index contributed by atoms with van der Waals surface area (Å²) in [7, 11) is 0. The lowest BCUT2D eigenvalue weighted by molar-refractivity contribution is 0.0822. The summed E-state index contributed by atoms with van der Waals surface area (Å²) in [5.74, 6) is 0.908. The average Bonchev–Trinajstić information content (AvgIpc) is 3.24. The van der Waals surface area contributed by atoms with Crippen LogP contribution in [0, 0.1) is 0 Å². The van der Waals surface area contributed by atoms with Crippen LogP contribution < -0.4 is 10.3 Å². The molecule has 0 spiro atoms. The lowest BCUT2D eigenvalue weighted by Gasteiger charge is -2.33. The predicted molar refractivity (Wildman–Crippen MR) is 129 cm³/mol. The van der Waals surface area contributed by atoms with Crippen LogP contribution in [-0.4, -0.2) is 92.9 Å². The number of aliphatic hydroxyl groups excluding tert-OH is 1. The number of benzene rings is 1. The predicted octanol–water partition coefficient (Wildman–Crippen LogP) is 1.39. The molecule has 0 atom stereocenters. The fourth-order valence-electron chi connectivity index (χ4n) is 4.25. The summed E-state index contributed by atoms with van der Waals surface area (Å²) in [6.45, 7) is 9.37. The zero-order chi connectivity index (χ0) is 24.1. The second-order valence-electron chi connectivity index (χ2n) is 8.43. The van der Waals surface area contributed by atoms with Gasteiger partial charge in [0.2, 0.25) is 0 Å². The van der Waals surface area contributed by atoms with Crippen molar-refractivity contribution in [2.45, 2.75) is 26.8 Å². The van der Waals surface area contributed by atoms with E-state index in [1.807, 2.05) is 13.8 Å². The second kappa shape index (κ2) is 10.9. The highest BCUT2D eigenvalue weighted by Crippen LogP contribution is 2.29. The Kier molecular flexibility index (Phi) is 7.71. The third kappa shape index (κ3) is 5.19. The molecule has 0 radical (unpaired) electrons. The van der Waals surface area contributed by atoms with Crippen molar-refractivity contribution in [3.63, 3.8) is 0 Å². The van der Waals surface area contributed by atoms with E-state index in [0.29, 0.717) is 60.0 Å². The average molecular weight is 469 g/mol. The Morgan fingerprint density at radius 3 is 2.62 bits per heavy atom. The van der Waals surface area contributed by atoms with Gasteiger partial charge in [0.15, 0.2) is 11.4 Å². The summed E-state index contributed by atoms with van der Waals surface area (Å²) in [5.41, 5.74) is 1.35. The Morgan fingerprint density at radius 2 is 1.91 bits per heavy atom. The van der Waals surface area contributed by atoms with Gasteiger partial charge in [0.25, 0.3) is 5.56 Å². The number of carbonyl (C=O) groups excluding carboxylic acids is 1. The van der Waals surface area contributed by atoms with Crippen molar-refractivity contribution < 1.29 is 14.6 Å². The third-order valence-corrected chi connectivity index (χ3v) is 6.05. The number of hydrogen-bond acceptors (Lipinski definition) is 8. The smallest absolute Gasteiger partial charge is 0.262 e. The van der Waals surface area contributed by atoms with E-state index in [0.717, 1.165) is 32.6 Å². The summed E-state index contributed by atoms with van der Waals surface area (Å²) in [4.78, 5) is 37.7. The van der Waals surface area contributed by atoms with Gasteiger partial charge < -0.3 is 14.8 Å². The first-order chi connectivity index (χ1) is 16.5. The molecule has 3 aromatic rings. The van der Waals surface area contributed by atoms with Gasteiger partial charge in [0, 0.05) is 44.8 Å². The lowest BCUT2D eigenvalue weighted by atomic mass is 10.0. The van der Waals surface area contributed by atoms with Gasteiger partial charge in [-0.25, -0.2) is 9.67 Å². The van der Waals surface area contributed by atoms with Gasteiger partial charge in [0.05, 0.1) is 31.5 Å². The SMILES string of the molecule is CCCn1ncc2c(=O)[nH]c(-c3cc(C(=O)CN4CCN(CCO)CC4)ccc3OCC)nc21. The number of carbonyl (C=O) groups is 1. The number of piperazine rings is 1. The molecule has 10 heteroatoms. The molecule has 2 aromatic heterocycles. The third-order valence-electron chi connectivity index (χ3n) is 6.05.